The van der Waals surface area contributed by atoms with Crippen molar-refractivity contribution < 1.29 is 14.7 Å². The fraction of sp³-hybridized carbons (Fsp3) is 0.529. The van der Waals surface area contributed by atoms with Gasteiger partial charge in [-0.3, -0.25) is 9.59 Å². The molecule has 0 aromatic carbocycles. The summed E-state index contributed by atoms with van der Waals surface area (Å²) in [7, 11) is 0. The van der Waals surface area contributed by atoms with E-state index >= 15 is 0 Å². The number of allylic oxidation sites excluding steroid dienone is 4. The fourth-order valence-corrected chi connectivity index (χ4v) is 4.93. The van der Waals surface area contributed by atoms with E-state index in [-0.39, 0.29) is 29.1 Å². The molecule has 3 aliphatic carbocycles. The van der Waals surface area contributed by atoms with Gasteiger partial charge in [0.1, 0.15) is 0 Å². The zero-order chi connectivity index (χ0) is 15.9. The lowest BCUT2D eigenvalue weighted by atomic mass is 9.79. The molecule has 2 bridgehead atoms. The van der Waals surface area contributed by atoms with Gasteiger partial charge in [0.15, 0.2) is 0 Å². The summed E-state index contributed by atoms with van der Waals surface area (Å²) >= 11 is 3.29. The minimum Gasteiger partial charge on any atom is -0.481 e. The van der Waals surface area contributed by atoms with E-state index in [1.165, 1.54) is 0 Å². The van der Waals surface area contributed by atoms with E-state index in [1.807, 2.05) is 0 Å². The van der Waals surface area contributed by atoms with Crippen LogP contribution in [0.5, 0.6) is 0 Å². The number of halogens is 1. The van der Waals surface area contributed by atoms with Crippen molar-refractivity contribution in [2.24, 2.45) is 29.1 Å². The summed E-state index contributed by atoms with van der Waals surface area (Å²) in [5.74, 6) is -1.39. The van der Waals surface area contributed by atoms with Gasteiger partial charge in [-0.15, -0.1) is 0 Å². The largest absolute Gasteiger partial charge is 0.481 e. The van der Waals surface area contributed by atoms with Gasteiger partial charge in [-0.25, -0.2) is 0 Å². The molecule has 1 spiro atoms. The first-order valence-electron chi connectivity index (χ1n) is 7.69. The number of carbonyl (C=O) groups is 2. The van der Waals surface area contributed by atoms with Crippen molar-refractivity contribution in [3.8, 4) is 0 Å². The van der Waals surface area contributed by atoms with Gasteiger partial charge < -0.3 is 10.4 Å². The summed E-state index contributed by atoms with van der Waals surface area (Å²) in [6, 6.07) is 0. The average molecular weight is 366 g/mol. The first-order chi connectivity index (χ1) is 10.5. The van der Waals surface area contributed by atoms with Crippen LogP contribution in [0, 0.1) is 29.1 Å². The van der Waals surface area contributed by atoms with Crippen LogP contribution in [0.4, 0.5) is 0 Å². The smallest absolute Gasteiger partial charge is 0.307 e. The number of hydrogen-bond donors (Lipinski definition) is 2. The summed E-state index contributed by atoms with van der Waals surface area (Å²) in [6.45, 7) is 3.61. The molecule has 0 aromatic heterocycles. The third kappa shape index (κ3) is 2.35. The van der Waals surface area contributed by atoms with E-state index in [1.54, 1.807) is 24.4 Å². The second-order valence-electron chi connectivity index (χ2n) is 6.54. The summed E-state index contributed by atoms with van der Waals surface area (Å²) in [5, 5.41) is 12.3. The van der Waals surface area contributed by atoms with Crippen LogP contribution < -0.4 is 5.32 Å². The quantitative estimate of drug-likeness (QED) is 0.735. The van der Waals surface area contributed by atoms with E-state index in [4.69, 9.17) is 0 Å². The third-order valence-corrected chi connectivity index (χ3v) is 6.30. The number of hydrogen-bond acceptors (Lipinski definition) is 2. The van der Waals surface area contributed by atoms with Crippen molar-refractivity contribution in [2.75, 3.05) is 0 Å². The number of carboxylic acids is 1. The molecule has 3 rings (SSSR count). The minimum absolute atomic E-state index is 0.148. The van der Waals surface area contributed by atoms with Gasteiger partial charge in [-0.05, 0) is 55.1 Å². The van der Waals surface area contributed by atoms with Gasteiger partial charge in [0.05, 0.1) is 11.8 Å². The Balaban J connectivity index is 1.72. The highest BCUT2D eigenvalue weighted by atomic mass is 79.9. The molecule has 0 aliphatic heterocycles. The molecule has 2 N–H and O–H groups in total. The maximum atomic E-state index is 12.5. The van der Waals surface area contributed by atoms with Crippen LogP contribution in [-0.2, 0) is 9.59 Å². The Bertz CT molecular complexity index is 576. The van der Waals surface area contributed by atoms with E-state index in [9.17, 15) is 14.7 Å². The molecule has 0 radical (unpaired) electrons. The molecule has 1 amide bonds. The van der Waals surface area contributed by atoms with Crippen molar-refractivity contribution >= 4 is 27.8 Å². The number of nitrogens with one attached hydrogen (secondary N) is 1. The zero-order valence-electron chi connectivity index (χ0n) is 12.3. The molecule has 4 nitrogen and oxygen atoms in total. The molecule has 118 valence electrons. The molecule has 0 saturated heterocycles. The molecule has 0 heterocycles. The van der Waals surface area contributed by atoms with E-state index in [0.29, 0.717) is 0 Å². The Morgan fingerprint density at radius 1 is 1.23 bits per heavy atom. The van der Waals surface area contributed by atoms with Crippen LogP contribution >= 0.6 is 15.9 Å². The zero-order valence-corrected chi connectivity index (χ0v) is 13.9. The van der Waals surface area contributed by atoms with Crippen LogP contribution in [-0.4, -0.2) is 17.0 Å². The fourth-order valence-electron chi connectivity index (χ4n) is 4.78. The van der Waals surface area contributed by atoms with Gasteiger partial charge >= 0.3 is 5.97 Å². The monoisotopic (exact) mass is 365 g/mol. The van der Waals surface area contributed by atoms with Crippen molar-refractivity contribution in [3.63, 3.8) is 0 Å². The van der Waals surface area contributed by atoms with Crippen molar-refractivity contribution in [2.45, 2.75) is 25.7 Å². The highest BCUT2D eigenvalue weighted by molar-refractivity contribution is 9.11. The SMILES string of the molecule is C=C/C(Br)=C\C=C\NC(=O)C1C(C(=O)O)C2CCC1C21CC1. The number of amides is 1. The first kappa shape index (κ1) is 15.5. The van der Waals surface area contributed by atoms with Gasteiger partial charge in [-0.2, -0.15) is 0 Å². The predicted octanol–water partition coefficient (Wildman–Crippen LogP) is 3.22. The maximum absolute atomic E-state index is 12.5. The van der Waals surface area contributed by atoms with Gasteiger partial charge in [0.2, 0.25) is 5.91 Å². The molecule has 4 atom stereocenters. The molecule has 4 unspecified atom stereocenters. The van der Waals surface area contributed by atoms with Gasteiger partial charge in [0, 0.05) is 10.7 Å². The van der Waals surface area contributed by atoms with Crippen LogP contribution in [0.2, 0.25) is 0 Å². The van der Waals surface area contributed by atoms with Crippen LogP contribution in [0.15, 0.2) is 35.5 Å². The highest BCUT2D eigenvalue weighted by Crippen LogP contribution is 2.74. The standard InChI is InChI=1S/C17H20BrNO3/c1-2-10(18)4-3-9-19-15(20)13-11-5-6-12(14(13)16(21)22)17(11)7-8-17/h2-4,9,11-14H,1,5-8H2,(H,19,20)(H,21,22)/b9-3+,10-4+. The normalized spacial score (nSPS) is 35.0. The van der Waals surface area contributed by atoms with Crippen molar-refractivity contribution in [3.05, 3.63) is 35.5 Å². The molecule has 3 aliphatic rings. The van der Waals surface area contributed by atoms with Crippen LogP contribution in [0.1, 0.15) is 25.7 Å². The van der Waals surface area contributed by atoms with Crippen LogP contribution in [0.25, 0.3) is 0 Å². The van der Waals surface area contributed by atoms with E-state index in [2.05, 4.69) is 27.8 Å². The molecular weight excluding hydrogens is 346 g/mol. The second kappa shape index (κ2) is 5.69. The number of aliphatic carboxylic acids is 1. The van der Waals surface area contributed by atoms with Crippen molar-refractivity contribution in [1.29, 1.82) is 0 Å². The second-order valence-corrected chi connectivity index (χ2v) is 7.45. The topological polar surface area (TPSA) is 66.4 Å². The Kier molecular flexibility index (Phi) is 4.02. The molecule has 3 fully saturated rings. The third-order valence-electron chi connectivity index (χ3n) is 5.71. The number of carbonyl (C=O) groups excluding carboxylic acids is 1. The molecule has 0 aromatic rings. The average Bonchev–Trinajstić information content (AvgIpc) is 3.16. The summed E-state index contributed by atoms with van der Waals surface area (Å²) in [4.78, 5) is 24.2. The van der Waals surface area contributed by atoms with Gasteiger partial charge in [0.25, 0.3) is 0 Å². The molecule has 5 heteroatoms. The number of carboxylic acid groups (broad SMARTS) is 1. The van der Waals surface area contributed by atoms with Gasteiger partial charge in [-0.1, -0.05) is 28.6 Å². The molecule has 22 heavy (non-hydrogen) atoms. The minimum atomic E-state index is -0.808. The van der Waals surface area contributed by atoms with Crippen LogP contribution in [0.3, 0.4) is 0 Å². The summed E-state index contributed by atoms with van der Waals surface area (Å²) < 4.78 is 0.818. The first-order valence-corrected chi connectivity index (χ1v) is 8.48. The summed E-state index contributed by atoms with van der Waals surface area (Å²) in [6.07, 6.45) is 10.9. The maximum Gasteiger partial charge on any atom is 0.307 e. The van der Waals surface area contributed by atoms with E-state index in [0.717, 1.165) is 30.2 Å². The van der Waals surface area contributed by atoms with Crippen molar-refractivity contribution in [1.82, 2.24) is 5.32 Å². The molecular formula is C17H20BrNO3. The Labute approximate surface area is 138 Å². The predicted molar refractivity (Wildman–Crippen MR) is 87.0 cm³/mol. The Morgan fingerprint density at radius 3 is 2.41 bits per heavy atom. The molecule has 3 saturated carbocycles. The Morgan fingerprint density at radius 2 is 1.86 bits per heavy atom. The lowest BCUT2D eigenvalue weighted by molar-refractivity contribution is -0.149. The Hall–Kier alpha value is -1.36. The summed E-state index contributed by atoms with van der Waals surface area (Å²) in [5.41, 5.74) is 0.167. The lowest BCUT2D eigenvalue weighted by Gasteiger charge is -2.26. The van der Waals surface area contributed by atoms with E-state index < -0.39 is 11.9 Å². The highest BCUT2D eigenvalue weighted by Gasteiger charge is 2.71. The lowest BCUT2D eigenvalue weighted by Crippen LogP contribution is -2.39. The number of rotatable bonds is 5.